The predicted molar refractivity (Wildman–Crippen MR) is 140 cm³/mol. The van der Waals surface area contributed by atoms with Gasteiger partial charge in [0.15, 0.2) is 5.03 Å². The fourth-order valence-corrected chi connectivity index (χ4v) is 5.73. The molecule has 0 bridgehead atoms. The van der Waals surface area contributed by atoms with Gasteiger partial charge in [0, 0.05) is 44.9 Å². The molecule has 3 aromatic rings. The van der Waals surface area contributed by atoms with Gasteiger partial charge in [0.25, 0.3) is 15.9 Å². The van der Waals surface area contributed by atoms with Crippen LogP contribution in [-0.2, 0) is 28.4 Å². The molecule has 1 amide bonds. The Bertz CT molecular complexity index is 1360. The highest BCUT2D eigenvalue weighted by atomic mass is 32.2. The number of hydrogen-bond acceptors (Lipinski definition) is 6. The fraction of sp³-hybridized carbons (Fsp3) is 0.407. The lowest BCUT2D eigenvalue weighted by Crippen LogP contribution is -2.47. The summed E-state index contributed by atoms with van der Waals surface area (Å²) in [6.45, 7) is 4.15. The molecule has 2 heterocycles. The van der Waals surface area contributed by atoms with Gasteiger partial charge >= 0.3 is 0 Å². The van der Waals surface area contributed by atoms with E-state index in [-0.39, 0.29) is 43.2 Å². The van der Waals surface area contributed by atoms with Crippen LogP contribution in [0.1, 0.15) is 29.8 Å². The summed E-state index contributed by atoms with van der Waals surface area (Å²) in [4.78, 5) is 19.5. The number of nitrogens with zero attached hydrogens (tertiary/aromatic N) is 4. The minimum absolute atomic E-state index is 0.0340. The van der Waals surface area contributed by atoms with E-state index < -0.39 is 22.2 Å². The van der Waals surface area contributed by atoms with Gasteiger partial charge < -0.3 is 19.3 Å². The topological polar surface area (TPSA) is 105 Å². The fourth-order valence-electron chi connectivity index (χ4n) is 4.58. The summed E-state index contributed by atoms with van der Waals surface area (Å²) < 4.78 is 35.6. The smallest absolute Gasteiger partial charge is 0.261 e. The lowest BCUT2D eigenvalue weighted by atomic mass is 9.94. The number of aromatic nitrogens is 2. The Hall–Kier alpha value is -3.05. The minimum Gasteiger partial charge on any atom is -0.394 e. The number of imidazole rings is 1. The van der Waals surface area contributed by atoms with Gasteiger partial charge in [0.1, 0.15) is 0 Å². The molecule has 1 aromatic heterocycles. The van der Waals surface area contributed by atoms with Gasteiger partial charge in [-0.3, -0.25) is 4.79 Å². The van der Waals surface area contributed by atoms with E-state index in [1.807, 2.05) is 49.4 Å². The number of benzene rings is 2. The highest BCUT2D eigenvalue weighted by Gasteiger charge is 2.33. The molecule has 0 saturated heterocycles. The van der Waals surface area contributed by atoms with Gasteiger partial charge in [-0.1, -0.05) is 49.4 Å². The van der Waals surface area contributed by atoms with Crippen molar-refractivity contribution in [3.8, 4) is 11.1 Å². The van der Waals surface area contributed by atoms with Crippen LogP contribution >= 0.6 is 0 Å². The molecule has 0 saturated carbocycles. The van der Waals surface area contributed by atoms with Crippen LogP contribution in [0.3, 0.4) is 0 Å². The molecule has 37 heavy (non-hydrogen) atoms. The van der Waals surface area contributed by atoms with Crippen molar-refractivity contribution >= 4 is 15.9 Å². The molecule has 0 unspecified atom stereocenters. The molecule has 2 aromatic carbocycles. The quantitative estimate of drug-likeness (QED) is 0.530. The Morgan fingerprint density at radius 2 is 1.78 bits per heavy atom. The molecule has 0 fully saturated rings. The van der Waals surface area contributed by atoms with E-state index in [4.69, 9.17) is 4.74 Å². The van der Waals surface area contributed by atoms with E-state index >= 15 is 0 Å². The number of fused-ring (bicyclic) bond motifs is 3. The monoisotopic (exact) mass is 526 g/mol. The first-order chi connectivity index (χ1) is 17.6. The number of amides is 1. The van der Waals surface area contributed by atoms with Crippen LogP contribution in [0.2, 0.25) is 0 Å². The minimum atomic E-state index is -3.83. The van der Waals surface area contributed by atoms with Crippen molar-refractivity contribution in [2.45, 2.75) is 37.6 Å². The molecule has 0 radical (unpaired) electrons. The Labute approximate surface area is 218 Å². The third-order valence-corrected chi connectivity index (χ3v) is 8.60. The average molecular weight is 527 g/mol. The van der Waals surface area contributed by atoms with Crippen molar-refractivity contribution in [3.05, 3.63) is 72.2 Å². The van der Waals surface area contributed by atoms with Crippen LogP contribution < -0.4 is 0 Å². The largest absolute Gasteiger partial charge is 0.394 e. The summed E-state index contributed by atoms with van der Waals surface area (Å²) in [5.74, 6) is -0.425. The Kier molecular flexibility index (Phi) is 8.13. The number of ether oxygens (including phenoxy) is 1. The second-order valence-electron chi connectivity index (χ2n) is 9.68. The number of sulfonamides is 1. The molecular weight excluding hydrogens is 492 g/mol. The number of carbonyl (C=O) groups is 1. The predicted octanol–water partition coefficient (Wildman–Crippen LogP) is 2.77. The molecule has 4 rings (SSSR count). The van der Waals surface area contributed by atoms with Crippen LogP contribution in [0.5, 0.6) is 0 Å². The first-order valence-corrected chi connectivity index (χ1v) is 13.7. The highest BCUT2D eigenvalue weighted by Crippen LogP contribution is 2.31. The molecule has 3 atom stereocenters. The molecule has 1 N–H and O–H groups in total. The summed E-state index contributed by atoms with van der Waals surface area (Å²) in [5, 5.41) is 9.93. The second kappa shape index (κ2) is 11.1. The van der Waals surface area contributed by atoms with Gasteiger partial charge in [-0.2, -0.15) is 4.31 Å². The third kappa shape index (κ3) is 5.62. The van der Waals surface area contributed by atoms with Crippen LogP contribution in [-0.4, -0.2) is 77.1 Å². The molecule has 0 aliphatic carbocycles. The third-order valence-electron chi connectivity index (χ3n) is 6.89. The second-order valence-corrected chi connectivity index (χ2v) is 11.7. The molecule has 198 valence electrons. The van der Waals surface area contributed by atoms with E-state index in [0.717, 1.165) is 16.7 Å². The molecule has 10 heteroatoms. The van der Waals surface area contributed by atoms with Crippen molar-refractivity contribution in [1.82, 2.24) is 18.8 Å². The number of carbonyl (C=O) groups excluding carboxylic acids is 1. The number of hydrogen-bond donors (Lipinski definition) is 1. The maximum Gasteiger partial charge on any atom is 0.261 e. The number of rotatable bonds is 6. The first-order valence-electron chi connectivity index (χ1n) is 12.3. The van der Waals surface area contributed by atoms with Gasteiger partial charge in [-0.15, -0.1) is 0 Å². The summed E-state index contributed by atoms with van der Waals surface area (Å²) in [6.07, 6.45) is 2.38. The summed E-state index contributed by atoms with van der Waals surface area (Å²) in [7, 11) is -0.613. The van der Waals surface area contributed by atoms with E-state index in [1.165, 1.54) is 23.9 Å². The number of aryl methyl sites for hydroxylation is 1. The van der Waals surface area contributed by atoms with Gasteiger partial charge in [-0.25, -0.2) is 13.4 Å². The van der Waals surface area contributed by atoms with E-state index in [9.17, 15) is 18.3 Å². The Morgan fingerprint density at radius 1 is 1.14 bits per heavy atom. The van der Waals surface area contributed by atoms with E-state index in [1.54, 1.807) is 29.5 Å². The SMILES string of the molecule is C[C@@H]1CN([C@H](C)CO)C(=O)c2ccccc2-c2ccccc2CO[C@@H]1CN(C)S(=O)(=O)c1cn(C)cn1. The zero-order chi connectivity index (χ0) is 26.7. The maximum absolute atomic E-state index is 13.9. The summed E-state index contributed by atoms with van der Waals surface area (Å²) in [6, 6.07) is 14.8. The summed E-state index contributed by atoms with van der Waals surface area (Å²) in [5.41, 5.74) is 3.13. The average Bonchev–Trinajstić information content (AvgIpc) is 3.35. The van der Waals surface area contributed by atoms with Crippen molar-refractivity contribution in [3.63, 3.8) is 0 Å². The molecule has 1 aliphatic rings. The van der Waals surface area contributed by atoms with Crippen LogP contribution in [0.15, 0.2) is 66.1 Å². The number of likely N-dealkylation sites (N-methyl/N-ethyl adjacent to an activating group) is 1. The van der Waals surface area contributed by atoms with Crippen molar-refractivity contribution in [2.24, 2.45) is 13.0 Å². The highest BCUT2D eigenvalue weighted by molar-refractivity contribution is 7.89. The first kappa shape index (κ1) is 27.0. The van der Waals surface area contributed by atoms with Gasteiger partial charge in [0.2, 0.25) is 0 Å². The van der Waals surface area contributed by atoms with E-state index in [0.29, 0.717) is 5.56 Å². The normalized spacial score (nSPS) is 19.7. The zero-order valence-electron chi connectivity index (χ0n) is 21.6. The molecule has 1 aliphatic heterocycles. The summed E-state index contributed by atoms with van der Waals surface area (Å²) >= 11 is 0. The van der Waals surface area contributed by atoms with Gasteiger partial charge in [-0.05, 0) is 29.7 Å². The molecular formula is C27H34N4O5S. The standard InChI is InChI=1S/C27H34N4O5S/c1-19-13-31(20(2)16-32)27(33)24-12-8-7-11-23(24)22-10-6-5-9-21(22)17-36-25(19)14-30(4)37(34,35)26-15-29(3)18-28-26/h5-12,15,18-20,25,32H,13-14,16-17H2,1-4H3/t19-,20-,25-/m1/s1. The molecule has 9 nitrogen and oxygen atoms in total. The Morgan fingerprint density at radius 3 is 2.43 bits per heavy atom. The zero-order valence-corrected chi connectivity index (χ0v) is 22.4. The van der Waals surface area contributed by atoms with Crippen molar-refractivity contribution < 1.29 is 23.1 Å². The molecule has 0 spiro atoms. The van der Waals surface area contributed by atoms with Crippen LogP contribution in [0.4, 0.5) is 0 Å². The lowest BCUT2D eigenvalue weighted by Gasteiger charge is -2.34. The van der Waals surface area contributed by atoms with Gasteiger partial charge in [0.05, 0.1) is 31.7 Å². The number of aliphatic hydroxyl groups excluding tert-OH is 1. The lowest BCUT2D eigenvalue weighted by molar-refractivity contribution is -0.0146. The van der Waals surface area contributed by atoms with Crippen LogP contribution in [0.25, 0.3) is 11.1 Å². The van der Waals surface area contributed by atoms with Crippen LogP contribution in [0, 0.1) is 5.92 Å². The maximum atomic E-state index is 13.9. The Balaban J connectivity index is 1.73. The number of aliphatic hydroxyl groups is 1. The van der Waals surface area contributed by atoms with Crippen molar-refractivity contribution in [2.75, 3.05) is 26.7 Å². The van der Waals surface area contributed by atoms with E-state index in [2.05, 4.69) is 4.98 Å². The van der Waals surface area contributed by atoms with Crippen molar-refractivity contribution in [1.29, 1.82) is 0 Å².